The van der Waals surface area contributed by atoms with Crippen molar-refractivity contribution >= 4 is 11.9 Å². The minimum absolute atomic E-state index is 0. The number of aliphatic hydroxyl groups excluding tert-OH is 1. The topological polar surface area (TPSA) is 185 Å². The molecule has 104 valence electrons. The number of aliphatic hydroxyl groups is 1. The number of benzene rings is 1. The number of rotatable bonds is 2. The Hall–Kier alpha value is -2.16. The molecule has 0 amide bonds. The van der Waals surface area contributed by atoms with Gasteiger partial charge in [-0.1, -0.05) is 12.1 Å². The molecule has 8 heteroatoms. The van der Waals surface area contributed by atoms with Crippen molar-refractivity contribution in [2.75, 3.05) is 0 Å². The van der Waals surface area contributed by atoms with Crippen LogP contribution in [-0.2, 0) is 4.79 Å². The number of aliphatic carboxylic acids is 1. The Kier molecular flexibility index (Phi) is 11.8. The predicted molar refractivity (Wildman–Crippen MR) is 64.4 cm³/mol. The molecule has 0 fully saturated rings. The predicted octanol–water partition coefficient (Wildman–Crippen LogP) is 0.866. The zero-order valence-electron chi connectivity index (χ0n) is 9.91. The van der Waals surface area contributed by atoms with Gasteiger partial charge in [-0.05, 0) is 19.1 Å². The Morgan fingerprint density at radius 1 is 1.11 bits per heavy atom. The minimum atomic E-state index is -1.23. The summed E-state index contributed by atoms with van der Waals surface area (Å²) in [6.07, 6.45) is -1.23. The number of carboxylic acids is 2. The molecule has 0 saturated heterocycles. The summed E-state index contributed by atoms with van der Waals surface area (Å²) in [5.41, 5.74) is -0.0671. The largest absolute Gasteiger partial charge is 0.507 e. The van der Waals surface area contributed by atoms with E-state index >= 15 is 0 Å². The molecule has 0 radical (unpaired) electrons. The normalized spacial score (nSPS) is 9.67. The van der Waals surface area contributed by atoms with Gasteiger partial charge in [-0.15, -0.1) is 0 Å². The van der Waals surface area contributed by atoms with Crippen LogP contribution in [-0.4, -0.2) is 38.5 Å². The number of phenols is 1. The monoisotopic (exact) mass is 262 g/mol. The zero-order chi connectivity index (χ0) is 12.7. The van der Waals surface area contributed by atoms with Gasteiger partial charge in [0.25, 0.3) is 0 Å². The van der Waals surface area contributed by atoms with E-state index in [1.54, 1.807) is 12.1 Å². The maximum Gasteiger partial charge on any atom is 0.339 e. The quantitative estimate of drug-likeness (QED) is 0.452. The van der Waals surface area contributed by atoms with E-state index in [1.165, 1.54) is 19.1 Å². The molecule has 1 aromatic carbocycles. The van der Waals surface area contributed by atoms with Crippen molar-refractivity contribution in [2.24, 2.45) is 0 Å². The Bertz CT molecular complexity index is 380. The van der Waals surface area contributed by atoms with Crippen LogP contribution in [0.3, 0.4) is 0 Å². The molecule has 1 rings (SSSR count). The lowest BCUT2D eigenvalue weighted by Crippen LogP contribution is -2.13. The van der Waals surface area contributed by atoms with E-state index in [1.807, 2.05) is 0 Å². The lowest BCUT2D eigenvalue weighted by atomic mass is 10.2. The van der Waals surface area contributed by atoms with Crippen molar-refractivity contribution in [3.8, 4) is 5.75 Å². The summed E-state index contributed by atoms with van der Waals surface area (Å²) in [5.74, 6) is -2.50. The summed E-state index contributed by atoms with van der Waals surface area (Å²) in [4.78, 5) is 19.7. The second-order valence-corrected chi connectivity index (χ2v) is 2.84. The molecule has 0 aliphatic heterocycles. The van der Waals surface area contributed by atoms with Crippen LogP contribution in [0.1, 0.15) is 17.3 Å². The number of aromatic hydroxyl groups is 1. The van der Waals surface area contributed by atoms with Crippen molar-refractivity contribution in [1.29, 1.82) is 0 Å². The van der Waals surface area contributed by atoms with E-state index in [9.17, 15) is 9.59 Å². The molecule has 18 heavy (non-hydrogen) atoms. The molecule has 1 unspecified atom stereocenters. The third-order valence-electron chi connectivity index (χ3n) is 1.49. The average molecular weight is 262 g/mol. The number of carboxylic acid groups (broad SMARTS) is 2. The standard InChI is InChI=1S/C7H6O3.C3H6O3.2H3N/c8-6-4-2-1-3-5(6)7(9)10;1-2(4)3(5)6;;/h1-4,8H,(H,9,10);2,4H,1H3,(H,5,6);2*1H3. The molecule has 0 bridgehead atoms. The average Bonchev–Trinajstić information content (AvgIpc) is 2.18. The first-order chi connectivity index (χ1) is 7.36. The minimum Gasteiger partial charge on any atom is -0.507 e. The molecule has 1 aromatic rings. The Morgan fingerprint density at radius 2 is 1.50 bits per heavy atom. The maximum absolute atomic E-state index is 10.3. The lowest BCUT2D eigenvalue weighted by Gasteiger charge is -1.95. The van der Waals surface area contributed by atoms with E-state index in [-0.39, 0.29) is 23.6 Å². The third kappa shape index (κ3) is 8.05. The van der Waals surface area contributed by atoms with Crippen LogP contribution >= 0.6 is 0 Å². The van der Waals surface area contributed by atoms with E-state index in [0.717, 1.165) is 0 Å². The molecular weight excluding hydrogens is 244 g/mol. The summed E-state index contributed by atoms with van der Waals surface area (Å²) in [6.45, 7) is 1.20. The third-order valence-corrected chi connectivity index (χ3v) is 1.49. The molecule has 0 saturated carbocycles. The second kappa shape index (κ2) is 10.0. The van der Waals surface area contributed by atoms with Crippen molar-refractivity contribution < 1.29 is 30.0 Å². The van der Waals surface area contributed by atoms with Gasteiger partial charge in [-0.3, -0.25) is 0 Å². The fraction of sp³-hybridized carbons (Fsp3) is 0.200. The summed E-state index contributed by atoms with van der Waals surface area (Å²) < 4.78 is 0. The van der Waals surface area contributed by atoms with Crippen molar-refractivity contribution in [2.45, 2.75) is 13.0 Å². The number of aromatic carboxylic acids is 1. The highest BCUT2D eigenvalue weighted by molar-refractivity contribution is 5.90. The zero-order valence-corrected chi connectivity index (χ0v) is 9.91. The van der Waals surface area contributed by atoms with Crippen LogP contribution in [0.15, 0.2) is 24.3 Å². The van der Waals surface area contributed by atoms with Crippen molar-refractivity contribution in [3.63, 3.8) is 0 Å². The Morgan fingerprint density at radius 3 is 1.72 bits per heavy atom. The van der Waals surface area contributed by atoms with E-state index < -0.39 is 18.0 Å². The van der Waals surface area contributed by atoms with Crippen LogP contribution in [0.5, 0.6) is 5.75 Å². The van der Waals surface area contributed by atoms with Gasteiger partial charge in [-0.2, -0.15) is 0 Å². The van der Waals surface area contributed by atoms with E-state index in [2.05, 4.69) is 0 Å². The van der Waals surface area contributed by atoms with Crippen molar-refractivity contribution in [1.82, 2.24) is 12.3 Å². The first-order valence-corrected chi connectivity index (χ1v) is 4.28. The highest BCUT2D eigenvalue weighted by atomic mass is 16.4. The van der Waals surface area contributed by atoms with E-state index in [0.29, 0.717) is 0 Å². The highest BCUT2D eigenvalue weighted by Crippen LogP contribution is 2.14. The molecule has 10 N–H and O–H groups in total. The van der Waals surface area contributed by atoms with Crippen LogP contribution in [0.4, 0.5) is 0 Å². The first-order valence-electron chi connectivity index (χ1n) is 4.28. The molecule has 0 aromatic heterocycles. The van der Waals surface area contributed by atoms with Gasteiger partial charge < -0.3 is 32.7 Å². The maximum atomic E-state index is 10.3. The highest BCUT2D eigenvalue weighted by Gasteiger charge is 2.05. The van der Waals surface area contributed by atoms with E-state index in [4.69, 9.17) is 20.4 Å². The van der Waals surface area contributed by atoms with Crippen LogP contribution in [0.2, 0.25) is 0 Å². The van der Waals surface area contributed by atoms with Crippen LogP contribution in [0, 0.1) is 0 Å². The Labute approximate surface area is 104 Å². The molecule has 0 spiro atoms. The van der Waals surface area contributed by atoms with Crippen LogP contribution < -0.4 is 12.3 Å². The summed E-state index contributed by atoms with van der Waals surface area (Å²) in [7, 11) is 0. The fourth-order valence-corrected chi connectivity index (χ4v) is 0.654. The lowest BCUT2D eigenvalue weighted by molar-refractivity contribution is -0.145. The van der Waals surface area contributed by atoms with Gasteiger partial charge in [0.15, 0.2) is 0 Å². The van der Waals surface area contributed by atoms with Gasteiger partial charge >= 0.3 is 11.9 Å². The second-order valence-electron chi connectivity index (χ2n) is 2.84. The molecular formula is C10H18N2O6. The van der Waals surface area contributed by atoms with Gasteiger partial charge in [0.1, 0.15) is 17.4 Å². The van der Waals surface area contributed by atoms with Gasteiger partial charge in [0.05, 0.1) is 0 Å². The summed E-state index contributed by atoms with van der Waals surface area (Å²) >= 11 is 0. The summed E-state index contributed by atoms with van der Waals surface area (Å²) in [6, 6.07) is 5.81. The summed E-state index contributed by atoms with van der Waals surface area (Å²) in [5, 5.41) is 33.1. The molecule has 0 aliphatic carbocycles. The molecule has 0 aliphatic rings. The SMILES string of the molecule is CC(O)C(=O)O.N.N.O=C(O)c1ccccc1O. The van der Waals surface area contributed by atoms with Gasteiger partial charge in [0, 0.05) is 0 Å². The van der Waals surface area contributed by atoms with Gasteiger partial charge in [0.2, 0.25) is 0 Å². The molecule has 1 atom stereocenters. The van der Waals surface area contributed by atoms with Gasteiger partial charge in [-0.25, -0.2) is 9.59 Å². The number of para-hydroxylation sites is 1. The smallest absolute Gasteiger partial charge is 0.339 e. The fourth-order valence-electron chi connectivity index (χ4n) is 0.654. The van der Waals surface area contributed by atoms with Crippen molar-refractivity contribution in [3.05, 3.63) is 29.8 Å². The number of hydrogen-bond donors (Lipinski definition) is 6. The van der Waals surface area contributed by atoms with Crippen LogP contribution in [0.25, 0.3) is 0 Å². The first kappa shape index (κ1) is 21.2. The number of hydrogen-bond acceptors (Lipinski definition) is 6. The molecule has 0 heterocycles. The molecule has 8 nitrogen and oxygen atoms in total. The Balaban J connectivity index is -0.000000250. The number of carbonyl (C=O) groups is 2.